The van der Waals surface area contributed by atoms with E-state index in [1.807, 2.05) is 0 Å². The Bertz CT molecular complexity index is 1060. The van der Waals surface area contributed by atoms with Gasteiger partial charge < -0.3 is 21.3 Å². The maximum absolute atomic E-state index is 13.9. The number of aromatic hydroxyl groups is 1. The molecule has 0 spiro atoms. The van der Waals surface area contributed by atoms with Gasteiger partial charge in [-0.3, -0.25) is 24.1 Å². The van der Waals surface area contributed by atoms with E-state index in [4.69, 9.17) is 27.8 Å². The minimum absolute atomic E-state index is 0.00389. The molecule has 6 atom stereocenters. The molecule has 10 nitrogen and oxygen atoms in total. The highest BCUT2D eigenvalue weighted by molar-refractivity contribution is 6.31. The second-order valence-corrected chi connectivity index (χ2v) is 9.42. The largest absolute Gasteiger partial charge is 0.504 e. The van der Waals surface area contributed by atoms with Gasteiger partial charge >= 0.3 is 0 Å². The monoisotopic (exact) mass is 464 g/mol. The van der Waals surface area contributed by atoms with Crippen LogP contribution in [-0.4, -0.2) is 71.1 Å². The van der Waals surface area contributed by atoms with Crippen LogP contribution in [-0.2, 0) is 25.5 Å². The van der Waals surface area contributed by atoms with Crippen molar-refractivity contribution in [3.05, 3.63) is 16.3 Å². The number of nitrogen functional groups attached to an aromatic ring is 1. The third-order valence-electron chi connectivity index (χ3n) is 7.36. The molecule has 1 heterocycles. The Morgan fingerprint density at radius 3 is 2.53 bits per heavy atom. The molecule has 2 fully saturated rings. The Morgan fingerprint density at radius 1 is 1.31 bits per heavy atom. The van der Waals surface area contributed by atoms with Crippen molar-refractivity contribution < 1.29 is 29.0 Å². The van der Waals surface area contributed by atoms with Gasteiger partial charge in [-0.1, -0.05) is 11.6 Å². The number of primary amides is 1. The fourth-order valence-corrected chi connectivity index (χ4v) is 6.21. The smallest absolute Gasteiger partial charge is 0.228 e. The van der Waals surface area contributed by atoms with Crippen LogP contribution >= 0.6 is 11.6 Å². The number of halogens is 1. The number of anilines is 1. The number of pyridine rings is 1. The molecule has 2 saturated carbocycles. The third kappa shape index (κ3) is 2.89. The van der Waals surface area contributed by atoms with Crippen molar-refractivity contribution in [3.63, 3.8) is 0 Å². The van der Waals surface area contributed by atoms with Crippen LogP contribution in [0.15, 0.2) is 0 Å². The predicted octanol–water partition coefficient (Wildman–Crippen LogP) is -0.0273. The summed E-state index contributed by atoms with van der Waals surface area (Å²) < 4.78 is 5.75. The van der Waals surface area contributed by atoms with Crippen molar-refractivity contribution in [2.45, 2.75) is 30.9 Å². The maximum Gasteiger partial charge on any atom is 0.228 e. The number of likely N-dealkylation sites (N-methyl/N-ethyl adjacent to an activating group) is 1. The summed E-state index contributed by atoms with van der Waals surface area (Å²) in [6.07, 6.45) is 0.290. The number of ketones is 3. The molecule has 32 heavy (non-hydrogen) atoms. The van der Waals surface area contributed by atoms with Crippen molar-refractivity contribution in [2.24, 2.45) is 29.4 Å². The second kappa shape index (κ2) is 7.50. The van der Waals surface area contributed by atoms with Gasteiger partial charge in [0, 0.05) is 25.0 Å². The Labute approximate surface area is 189 Å². The molecule has 4 rings (SSSR count). The average molecular weight is 465 g/mol. The highest BCUT2D eigenvalue weighted by Crippen LogP contribution is 2.53. The van der Waals surface area contributed by atoms with Gasteiger partial charge in [0.05, 0.1) is 17.5 Å². The van der Waals surface area contributed by atoms with E-state index in [1.54, 1.807) is 19.0 Å². The summed E-state index contributed by atoms with van der Waals surface area (Å²) in [5.74, 6) is -6.55. The van der Waals surface area contributed by atoms with Gasteiger partial charge in [0.15, 0.2) is 28.9 Å². The molecule has 0 aromatic carbocycles. The molecular formula is C21H25ClN4O6. The molecule has 3 aliphatic rings. The summed E-state index contributed by atoms with van der Waals surface area (Å²) in [5.41, 5.74) is 9.86. The summed E-state index contributed by atoms with van der Waals surface area (Å²) in [6, 6.07) is -0.795. The number of carbonyl (C=O) groups excluding carboxylic acids is 4. The van der Waals surface area contributed by atoms with E-state index >= 15 is 0 Å². The number of aromatic nitrogens is 1. The number of rotatable bonds is 3. The highest BCUT2D eigenvalue weighted by Gasteiger charge is 2.65. The SMILES string of the molecule is COC12CC(C(N)=O)C(=O)C(N(C)C)C1CC1Cc3c(Cl)nc(N)c(O)c3C(=O)C1C2=O. The van der Waals surface area contributed by atoms with Crippen LogP contribution in [0.4, 0.5) is 5.82 Å². The van der Waals surface area contributed by atoms with Crippen LogP contribution in [0.5, 0.6) is 5.75 Å². The van der Waals surface area contributed by atoms with E-state index in [0.717, 1.165) is 0 Å². The van der Waals surface area contributed by atoms with Gasteiger partial charge in [-0.05, 0) is 32.9 Å². The molecular weight excluding hydrogens is 440 g/mol. The molecule has 11 heteroatoms. The molecule has 3 aliphatic carbocycles. The van der Waals surface area contributed by atoms with Crippen molar-refractivity contribution in [1.29, 1.82) is 0 Å². The summed E-state index contributed by atoms with van der Waals surface area (Å²) in [7, 11) is 4.71. The van der Waals surface area contributed by atoms with Crippen LogP contribution < -0.4 is 11.5 Å². The van der Waals surface area contributed by atoms with Gasteiger partial charge in [-0.25, -0.2) is 4.98 Å². The van der Waals surface area contributed by atoms with Crippen LogP contribution in [0.2, 0.25) is 5.15 Å². The molecule has 0 radical (unpaired) electrons. The lowest BCUT2D eigenvalue weighted by Crippen LogP contribution is -2.70. The lowest BCUT2D eigenvalue weighted by Gasteiger charge is -2.55. The molecule has 1 aromatic rings. The molecule has 172 valence electrons. The summed E-state index contributed by atoms with van der Waals surface area (Å²) in [4.78, 5) is 58.1. The number of methoxy groups -OCH3 is 1. The number of hydrogen-bond acceptors (Lipinski definition) is 9. The molecule has 0 bridgehead atoms. The number of fused-ring (bicyclic) bond motifs is 3. The summed E-state index contributed by atoms with van der Waals surface area (Å²) in [5, 5.41) is 10.4. The topological polar surface area (TPSA) is 166 Å². The number of nitrogens with zero attached hydrogens (tertiary/aromatic N) is 2. The zero-order valence-corrected chi connectivity index (χ0v) is 18.7. The fourth-order valence-electron chi connectivity index (χ4n) is 5.95. The van der Waals surface area contributed by atoms with E-state index in [0.29, 0.717) is 12.0 Å². The summed E-state index contributed by atoms with van der Waals surface area (Å²) in [6.45, 7) is 0. The van der Waals surface area contributed by atoms with E-state index in [9.17, 15) is 24.3 Å². The maximum atomic E-state index is 13.9. The number of Topliss-reactive ketones (excluding diaryl/α,β-unsaturated/α-hetero) is 3. The number of carbonyl (C=O) groups is 4. The van der Waals surface area contributed by atoms with E-state index < -0.39 is 58.5 Å². The van der Waals surface area contributed by atoms with Gasteiger partial charge in [0.1, 0.15) is 16.7 Å². The number of nitrogens with two attached hydrogens (primary N) is 2. The molecule has 0 saturated heterocycles. The molecule has 1 aromatic heterocycles. The summed E-state index contributed by atoms with van der Waals surface area (Å²) >= 11 is 6.22. The van der Waals surface area contributed by atoms with Crippen molar-refractivity contribution in [1.82, 2.24) is 9.88 Å². The van der Waals surface area contributed by atoms with Crippen LogP contribution in [0.1, 0.15) is 28.8 Å². The standard InChI is InChI=1S/C21H25ClN4O6/c1-26(2)13-10-5-7-4-8-12(16(29)19(23)25-18(8)22)15(28)11(7)17(30)21(10,32-3)6-9(14(13)27)20(24)31/h7,9-11,13,29H,4-6H2,1-3H3,(H2,23,25)(H2,24,31). The first kappa shape index (κ1) is 22.6. The van der Waals surface area contributed by atoms with Gasteiger partial charge in [0.25, 0.3) is 0 Å². The van der Waals surface area contributed by atoms with Crippen LogP contribution in [0, 0.1) is 23.7 Å². The third-order valence-corrected chi connectivity index (χ3v) is 7.67. The lowest BCUT2D eigenvalue weighted by molar-refractivity contribution is -0.182. The lowest BCUT2D eigenvalue weighted by atomic mass is 9.52. The molecule has 1 amide bonds. The normalized spacial score (nSPS) is 34.2. The zero-order valence-electron chi connectivity index (χ0n) is 17.9. The minimum Gasteiger partial charge on any atom is -0.504 e. The van der Waals surface area contributed by atoms with E-state index in [1.165, 1.54) is 7.11 Å². The first-order valence-electron chi connectivity index (χ1n) is 10.3. The van der Waals surface area contributed by atoms with Crippen LogP contribution in [0.25, 0.3) is 0 Å². The van der Waals surface area contributed by atoms with Crippen LogP contribution in [0.3, 0.4) is 0 Å². The number of hydrogen-bond donors (Lipinski definition) is 3. The van der Waals surface area contributed by atoms with Gasteiger partial charge in [0.2, 0.25) is 5.91 Å². The fraction of sp³-hybridized carbons (Fsp3) is 0.571. The number of amides is 1. The number of ether oxygens (including phenoxy) is 1. The van der Waals surface area contributed by atoms with Crippen molar-refractivity contribution in [3.8, 4) is 5.75 Å². The van der Waals surface area contributed by atoms with Crippen molar-refractivity contribution in [2.75, 3.05) is 26.9 Å². The van der Waals surface area contributed by atoms with E-state index in [2.05, 4.69) is 4.98 Å². The predicted molar refractivity (Wildman–Crippen MR) is 113 cm³/mol. The molecule has 6 unspecified atom stereocenters. The Hall–Kier alpha value is -2.56. The first-order chi connectivity index (χ1) is 15.0. The zero-order chi connectivity index (χ0) is 23.7. The second-order valence-electron chi connectivity index (χ2n) is 9.07. The Kier molecular flexibility index (Phi) is 5.30. The highest BCUT2D eigenvalue weighted by atomic mass is 35.5. The molecule has 0 aliphatic heterocycles. The molecule has 5 N–H and O–H groups in total. The first-order valence-corrected chi connectivity index (χ1v) is 10.6. The Morgan fingerprint density at radius 2 is 1.97 bits per heavy atom. The van der Waals surface area contributed by atoms with E-state index in [-0.39, 0.29) is 35.2 Å². The minimum atomic E-state index is -1.55. The van der Waals surface area contributed by atoms with Crippen molar-refractivity contribution >= 4 is 40.7 Å². The van der Waals surface area contributed by atoms with Gasteiger partial charge in [-0.2, -0.15) is 0 Å². The quantitative estimate of drug-likeness (QED) is 0.411. The average Bonchev–Trinajstić information content (AvgIpc) is 2.71. The Balaban J connectivity index is 1.88. The van der Waals surface area contributed by atoms with Gasteiger partial charge in [-0.15, -0.1) is 0 Å².